The molecule has 1 heterocycles. The third-order valence-corrected chi connectivity index (χ3v) is 6.82. The number of carbonyl (C=O) groups excluding carboxylic acids is 2. The van der Waals surface area contributed by atoms with Gasteiger partial charge in [-0.05, 0) is 43.3 Å². The zero-order chi connectivity index (χ0) is 24.9. The number of amides is 2. The summed E-state index contributed by atoms with van der Waals surface area (Å²) in [7, 11) is 3.50. The van der Waals surface area contributed by atoms with Gasteiger partial charge in [0.05, 0.1) is 22.7 Å². The molecule has 8 heteroatoms. The highest BCUT2D eigenvalue weighted by Crippen LogP contribution is 2.26. The van der Waals surface area contributed by atoms with E-state index in [4.69, 9.17) is 0 Å². The summed E-state index contributed by atoms with van der Waals surface area (Å²) in [6.07, 6.45) is 0. The Bertz CT molecular complexity index is 1410. The highest BCUT2D eigenvalue weighted by Gasteiger charge is 2.20. The largest absolute Gasteiger partial charge is 0.319 e. The highest BCUT2D eigenvalue weighted by atomic mass is 32.2. The van der Waals surface area contributed by atoms with E-state index in [1.54, 1.807) is 42.7 Å². The Kier molecular flexibility index (Phi) is 7.22. The molecule has 0 radical (unpaired) electrons. The second kappa shape index (κ2) is 10.5. The number of aromatic nitrogens is 2. The van der Waals surface area contributed by atoms with Crippen LogP contribution in [-0.2, 0) is 11.8 Å². The van der Waals surface area contributed by atoms with Crippen molar-refractivity contribution in [3.05, 3.63) is 107 Å². The molecule has 1 aromatic heterocycles. The molecule has 3 aromatic carbocycles. The molecule has 0 saturated heterocycles. The van der Waals surface area contributed by atoms with Crippen molar-refractivity contribution >= 4 is 35.0 Å². The maximum absolute atomic E-state index is 13.1. The standard InChI is InChI=1S/C27H26N4O3S/c1-19-25(27(34)31(30(19)3)21-14-8-5-9-15-21)28-24(32)18-35-23-17-11-10-16-22(23)26(33)29(2)20-12-6-4-7-13-20/h4-17H,18H2,1-3H3,(H,28,32). The number of thioether (sulfide) groups is 1. The second-order valence-corrected chi connectivity index (χ2v) is 8.99. The van der Waals surface area contributed by atoms with Crippen LogP contribution in [-0.4, -0.2) is 34.0 Å². The van der Waals surface area contributed by atoms with Gasteiger partial charge in [0.2, 0.25) is 5.91 Å². The maximum atomic E-state index is 13.1. The molecule has 0 spiro atoms. The number of hydrogen-bond donors (Lipinski definition) is 1. The van der Waals surface area contributed by atoms with Crippen molar-refractivity contribution in [2.75, 3.05) is 23.0 Å². The smallest absolute Gasteiger partial charge is 0.295 e. The number of nitrogens with one attached hydrogen (secondary N) is 1. The number of hydrogen-bond acceptors (Lipinski definition) is 4. The van der Waals surface area contributed by atoms with Gasteiger partial charge in [-0.3, -0.25) is 19.1 Å². The van der Waals surface area contributed by atoms with Crippen LogP contribution in [0.1, 0.15) is 16.1 Å². The van der Waals surface area contributed by atoms with Crippen molar-refractivity contribution in [3.8, 4) is 5.69 Å². The highest BCUT2D eigenvalue weighted by molar-refractivity contribution is 8.00. The van der Waals surface area contributed by atoms with Crippen molar-refractivity contribution in [1.82, 2.24) is 9.36 Å². The van der Waals surface area contributed by atoms with Gasteiger partial charge in [0, 0.05) is 24.7 Å². The monoisotopic (exact) mass is 486 g/mol. The summed E-state index contributed by atoms with van der Waals surface area (Å²) in [6, 6.07) is 25.8. The lowest BCUT2D eigenvalue weighted by atomic mass is 10.2. The minimum absolute atomic E-state index is 0.0540. The molecule has 1 N–H and O–H groups in total. The molecule has 178 valence electrons. The molecule has 0 aliphatic rings. The fourth-order valence-corrected chi connectivity index (χ4v) is 4.59. The zero-order valence-corrected chi connectivity index (χ0v) is 20.6. The number of rotatable bonds is 7. The number of para-hydroxylation sites is 2. The first kappa shape index (κ1) is 24.1. The van der Waals surface area contributed by atoms with E-state index in [2.05, 4.69) is 5.32 Å². The topological polar surface area (TPSA) is 76.3 Å². The summed E-state index contributed by atoms with van der Waals surface area (Å²) in [5.74, 6) is -0.428. The molecule has 4 rings (SSSR count). The van der Waals surface area contributed by atoms with Crippen LogP contribution < -0.4 is 15.8 Å². The summed E-state index contributed by atoms with van der Waals surface area (Å²) < 4.78 is 3.24. The van der Waals surface area contributed by atoms with Crippen LogP contribution in [0.15, 0.2) is 94.6 Å². The third-order valence-electron chi connectivity index (χ3n) is 5.74. The van der Waals surface area contributed by atoms with Gasteiger partial charge in [-0.15, -0.1) is 11.8 Å². The summed E-state index contributed by atoms with van der Waals surface area (Å²) in [4.78, 5) is 41.3. The Balaban J connectivity index is 1.49. The second-order valence-electron chi connectivity index (χ2n) is 7.97. The minimum atomic E-state index is -0.320. The Labute approximate surface area is 208 Å². The van der Waals surface area contributed by atoms with Crippen molar-refractivity contribution in [2.24, 2.45) is 7.05 Å². The summed E-state index contributed by atoms with van der Waals surface area (Å²) in [6.45, 7) is 1.79. The first-order chi connectivity index (χ1) is 16.9. The Morgan fingerprint density at radius 1 is 0.914 bits per heavy atom. The average Bonchev–Trinajstić information content (AvgIpc) is 3.10. The molecule has 0 bridgehead atoms. The van der Waals surface area contributed by atoms with Crippen LogP contribution in [0.4, 0.5) is 11.4 Å². The van der Waals surface area contributed by atoms with Gasteiger partial charge in [0.15, 0.2) is 0 Å². The van der Waals surface area contributed by atoms with Gasteiger partial charge in [0.25, 0.3) is 11.5 Å². The van der Waals surface area contributed by atoms with Gasteiger partial charge >= 0.3 is 0 Å². The van der Waals surface area contributed by atoms with Crippen molar-refractivity contribution in [3.63, 3.8) is 0 Å². The fraction of sp³-hybridized carbons (Fsp3) is 0.148. The molecule has 7 nitrogen and oxygen atoms in total. The number of anilines is 2. The summed E-state index contributed by atoms with van der Waals surface area (Å²) >= 11 is 1.26. The predicted molar refractivity (Wildman–Crippen MR) is 141 cm³/mol. The van der Waals surface area contributed by atoms with E-state index in [9.17, 15) is 14.4 Å². The molecule has 0 aliphatic carbocycles. The van der Waals surface area contributed by atoms with E-state index in [0.29, 0.717) is 21.8 Å². The van der Waals surface area contributed by atoms with E-state index in [-0.39, 0.29) is 28.8 Å². The number of benzene rings is 3. The zero-order valence-electron chi connectivity index (χ0n) is 19.8. The molecular formula is C27H26N4O3S. The Morgan fingerprint density at radius 3 is 2.20 bits per heavy atom. The molecule has 0 atom stereocenters. The lowest BCUT2D eigenvalue weighted by molar-refractivity contribution is -0.113. The van der Waals surface area contributed by atoms with E-state index < -0.39 is 0 Å². The van der Waals surface area contributed by atoms with Crippen LogP contribution in [0.2, 0.25) is 0 Å². The lowest BCUT2D eigenvalue weighted by Gasteiger charge is -2.19. The summed E-state index contributed by atoms with van der Waals surface area (Å²) in [5, 5.41) is 2.77. The quantitative estimate of drug-likeness (QED) is 0.391. The van der Waals surface area contributed by atoms with E-state index in [1.807, 2.05) is 72.8 Å². The number of nitrogens with zero attached hydrogens (tertiary/aromatic N) is 3. The van der Waals surface area contributed by atoms with Gasteiger partial charge in [-0.25, -0.2) is 4.68 Å². The molecule has 0 aliphatic heterocycles. The summed E-state index contributed by atoms with van der Waals surface area (Å²) in [5.41, 5.74) is 2.61. The van der Waals surface area contributed by atoms with Crippen molar-refractivity contribution < 1.29 is 9.59 Å². The normalized spacial score (nSPS) is 10.7. The van der Waals surface area contributed by atoms with Crippen LogP contribution >= 0.6 is 11.8 Å². The number of carbonyl (C=O) groups is 2. The lowest BCUT2D eigenvalue weighted by Crippen LogP contribution is -2.27. The average molecular weight is 487 g/mol. The van der Waals surface area contributed by atoms with Crippen molar-refractivity contribution in [2.45, 2.75) is 11.8 Å². The first-order valence-electron chi connectivity index (χ1n) is 11.1. The van der Waals surface area contributed by atoms with Gasteiger partial charge < -0.3 is 10.2 Å². The Morgan fingerprint density at radius 2 is 1.51 bits per heavy atom. The molecule has 2 amide bonds. The third kappa shape index (κ3) is 5.07. The van der Waals surface area contributed by atoms with Gasteiger partial charge in [-0.2, -0.15) is 0 Å². The maximum Gasteiger partial charge on any atom is 0.295 e. The fourth-order valence-electron chi connectivity index (χ4n) is 3.75. The van der Waals surface area contributed by atoms with E-state index in [1.165, 1.54) is 16.4 Å². The van der Waals surface area contributed by atoms with Crippen LogP contribution in [0, 0.1) is 6.92 Å². The SMILES string of the molecule is Cc1c(NC(=O)CSc2ccccc2C(=O)N(C)c2ccccc2)c(=O)n(-c2ccccc2)n1C. The van der Waals surface area contributed by atoms with Gasteiger partial charge in [-0.1, -0.05) is 48.5 Å². The minimum Gasteiger partial charge on any atom is -0.319 e. The predicted octanol–water partition coefficient (Wildman–Crippen LogP) is 4.49. The van der Waals surface area contributed by atoms with Gasteiger partial charge in [0.1, 0.15) is 5.69 Å². The van der Waals surface area contributed by atoms with E-state index in [0.717, 1.165) is 5.69 Å². The van der Waals surface area contributed by atoms with Crippen molar-refractivity contribution in [1.29, 1.82) is 0 Å². The first-order valence-corrected chi connectivity index (χ1v) is 12.1. The van der Waals surface area contributed by atoms with Crippen LogP contribution in [0.25, 0.3) is 5.69 Å². The molecular weight excluding hydrogens is 460 g/mol. The van der Waals surface area contributed by atoms with E-state index >= 15 is 0 Å². The van der Waals surface area contributed by atoms with Crippen LogP contribution in [0.3, 0.4) is 0 Å². The molecule has 35 heavy (non-hydrogen) atoms. The molecule has 0 unspecified atom stereocenters. The molecule has 0 fully saturated rings. The van der Waals surface area contributed by atoms with Crippen LogP contribution in [0.5, 0.6) is 0 Å². The molecule has 4 aromatic rings. The molecule has 0 saturated carbocycles. The Hall–Kier alpha value is -4.04.